The van der Waals surface area contributed by atoms with Crippen LogP contribution in [0.25, 0.3) is 0 Å². The Morgan fingerprint density at radius 1 is 1.38 bits per heavy atom. The summed E-state index contributed by atoms with van der Waals surface area (Å²) in [5.41, 5.74) is 4.50. The lowest BCUT2D eigenvalue weighted by Gasteiger charge is -2.38. The summed E-state index contributed by atoms with van der Waals surface area (Å²) in [7, 11) is 0. The van der Waals surface area contributed by atoms with Crippen LogP contribution in [-0.4, -0.2) is 59.3 Å². The van der Waals surface area contributed by atoms with Gasteiger partial charge in [0.1, 0.15) is 11.2 Å². The van der Waals surface area contributed by atoms with Crippen LogP contribution in [0, 0.1) is 0 Å². The van der Waals surface area contributed by atoms with Gasteiger partial charge in [-0.1, -0.05) is 0 Å². The van der Waals surface area contributed by atoms with Crippen molar-refractivity contribution in [2.45, 2.75) is 51.2 Å². The summed E-state index contributed by atoms with van der Waals surface area (Å²) in [6, 6.07) is 0. The molecule has 120 valence electrons. The van der Waals surface area contributed by atoms with Gasteiger partial charge in [-0.3, -0.25) is 9.63 Å². The largest absolute Gasteiger partial charge is 0.444 e. The molecule has 0 saturated carbocycles. The van der Waals surface area contributed by atoms with E-state index in [1.807, 2.05) is 20.8 Å². The number of hydrogen-bond donors (Lipinski definition) is 1. The van der Waals surface area contributed by atoms with Gasteiger partial charge in [0.15, 0.2) is 0 Å². The zero-order valence-corrected chi connectivity index (χ0v) is 13.1. The van der Waals surface area contributed by atoms with Crippen LogP contribution in [0.4, 0.5) is 4.79 Å². The summed E-state index contributed by atoms with van der Waals surface area (Å²) in [5.74, 6) is -0.0221. The highest BCUT2D eigenvalue weighted by molar-refractivity contribution is 5.78. The van der Waals surface area contributed by atoms with E-state index in [1.165, 1.54) is 5.06 Å². The lowest BCUT2D eigenvalue weighted by molar-refractivity contribution is -0.208. The van der Waals surface area contributed by atoms with Crippen LogP contribution in [0.1, 0.15) is 40.0 Å². The van der Waals surface area contributed by atoms with E-state index in [1.54, 1.807) is 4.90 Å². The quantitative estimate of drug-likeness (QED) is 0.818. The summed E-state index contributed by atoms with van der Waals surface area (Å²) in [6.45, 7) is 7.42. The van der Waals surface area contributed by atoms with Gasteiger partial charge in [0.05, 0.1) is 13.0 Å². The topological polar surface area (TPSA) is 85.1 Å². The summed E-state index contributed by atoms with van der Waals surface area (Å²) >= 11 is 0. The Balaban J connectivity index is 1.89. The van der Waals surface area contributed by atoms with E-state index in [2.05, 4.69) is 0 Å². The Morgan fingerprint density at radius 3 is 2.52 bits per heavy atom. The van der Waals surface area contributed by atoms with E-state index in [9.17, 15) is 9.59 Å². The highest BCUT2D eigenvalue weighted by atomic mass is 16.7. The SMILES string of the molecule is CC(C)(C)OC(=O)N1CCC2(CC1)CC(=O)N(CCN)O2. The molecule has 2 amide bonds. The molecule has 2 saturated heterocycles. The van der Waals surface area contributed by atoms with Crippen molar-refractivity contribution in [1.29, 1.82) is 0 Å². The Hall–Kier alpha value is -1.34. The van der Waals surface area contributed by atoms with Gasteiger partial charge in [0.2, 0.25) is 5.91 Å². The number of nitrogens with zero attached hydrogens (tertiary/aromatic N) is 2. The maximum atomic E-state index is 12.0. The molecular formula is C14H25N3O4. The minimum absolute atomic E-state index is 0.0221. The molecule has 2 N–H and O–H groups in total. The van der Waals surface area contributed by atoms with Gasteiger partial charge in [-0.05, 0) is 33.6 Å². The number of ether oxygens (including phenoxy) is 1. The maximum Gasteiger partial charge on any atom is 0.410 e. The number of hydrogen-bond acceptors (Lipinski definition) is 5. The zero-order chi connectivity index (χ0) is 15.7. The molecule has 2 aliphatic heterocycles. The first kappa shape index (κ1) is 16.0. The highest BCUT2D eigenvalue weighted by Gasteiger charge is 2.47. The van der Waals surface area contributed by atoms with E-state index in [0.717, 1.165) is 0 Å². The molecule has 0 aromatic carbocycles. The predicted octanol–water partition coefficient (Wildman–Crippen LogP) is 0.879. The van der Waals surface area contributed by atoms with Crippen LogP contribution in [0.5, 0.6) is 0 Å². The molecule has 0 aliphatic carbocycles. The third-order valence-corrected chi connectivity index (χ3v) is 3.71. The van der Waals surface area contributed by atoms with Crippen LogP contribution in [0.15, 0.2) is 0 Å². The molecule has 7 nitrogen and oxygen atoms in total. The molecule has 1 spiro atoms. The second kappa shape index (κ2) is 5.81. The number of likely N-dealkylation sites (tertiary alicyclic amines) is 1. The first-order valence-corrected chi connectivity index (χ1v) is 7.42. The summed E-state index contributed by atoms with van der Waals surface area (Å²) in [4.78, 5) is 31.4. The van der Waals surface area contributed by atoms with Gasteiger partial charge in [-0.25, -0.2) is 9.86 Å². The van der Waals surface area contributed by atoms with Crippen molar-refractivity contribution in [3.63, 3.8) is 0 Å². The van der Waals surface area contributed by atoms with E-state index >= 15 is 0 Å². The highest BCUT2D eigenvalue weighted by Crippen LogP contribution is 2.36. The molecule has 0 bridgehead atoms. The monoisotopic (exact) mass is 299 g/mol. The zero-order valence-electron chi connectivity index (χ0n) is 13.1. The summed E-state index contributed by atoms with van der Waals surface area (Å²) < 4.78 is 5.36. The van der Waals surface area contributed by atoms with Crippen molar-refractivity contribution in [2.24, 2.45) is 5.73 Å². The Bertz CT molecular complexity index is 411. The second-order valence-electron chi connectivity index (χ2n) is 6.70. The number of hydroxylamine groups is 2. The van der Waals surface area contributed by atoms with E-state index < -0.39 is 11.2 Å². The van der Waals surface area contributed by atoms with Crippen molar-refractivity contribution < 1.29 is 19.2 Å². The average Bonchev–Trinajstić information content (AvgIpc) is 2.65. The van der Waals surface area contributed by atoms with Gasteiger partial charge in [-0.2, -0.15) is 0 Å². The number of carbonyl (C=O) groups is 2. The molecule has 2 aliphatic rings. The first-order valence-electron chi connectivity index (χ1n) is 7.42. The minimum Gasteiger partial charge on any atom is -0.444 e. The van der Waals surface area contributed by atoms with Gasteiger partial charge in [0.25, 0.3) is 0 Å². The summed E-state index contributed by atoms with van der Waals surface area (Å²) in [5, 5.41) is 1.36. The van der Waals surface area contributed by atoms with E-state index in [0.29, 0.717) is 45.4 Å². The second-order valence-corrected chi connectivity index (χ2v) is 6.70. The fraction of sp³-hybridized carbons (Fsp3) is 0.857. The average molecular weight is 299 g/mol. The molecule has 0 radical (unpaired) electrons. The van der Waals surface area contributed by atoms with Gasteiger partial charge < -0.3 is 15.4 Å². The van der Waals surface area contributed by atoms with Crippen molar-refractivity contribution in [3.05, 3.63) is 0 Å². The standard InChI is InChI=1S/C14H25N3O4/c1-13(2,3)20-12(19)16-7-4-14(5-8-16)10-11(18)17(21-14)9-6-15/h4-10,15H2,1-3H3. The van der Waals surface area contributed by atoms with E-state index in [4.69, 9.17) is 15.3 Å². The number of nitrogens with two attached hydrogens (primary N) is 1. The molecule has 2 rings (SSSR count). The van der Waals surface area contributed by atoms with Crippen molar-refractivity contribution in [3.8, 4) is 0 Å². The molecule has 0 aromatic rings. The molecule has 0 unspecified atom stereocenters. The molecule has 0 atom stereocenters. The van der Waals surface area contributed by atoms with Crippen molar-refractivity contribution >= 4 is 12.0 Å². The molecule has 21 heavy (non-hydrogen) atoms. The van der Waals surface area contributed by atoms with Gasteiger partial charge in [-0.15, -0.1) is 0 Å². The predicted molar refractivity (Wildman–Crippen MR) is 76.2 cm³/mol. The third-order valence-electron chi connectivity index (χ3n) is 3.71. The molecule has 7 heteroatoms. The van der Waals surface area contributed by atoms with Gasteiger partial charge >= 0.3 is 6.09 Å². The number of rotatable bonds is 2. The minimum atomic E-state index is -0.496. The fourth-order valence-corrected chi connectivity index (χ4v) is 2.66. The summed E-state index contributed by atoms with van der Waals surface area (Å²) in [6.07, 6.45) is 1.34. The Kier molecular flexibility index (Phi) is 4.43. The van der Waals surface area contributed by atoms with E-state index in [-0.39, 0.29) is 12.0 Å². The smallest absolute Gasteiger partial charge is 0.410 e. The van der Waals surface area contributed by atoms with Crippen LogP contribution in [-0.2, 0) is 14.4 Å². The Labute approximate surface area is 125 Å². The molecule has 0 aromatic heterocycles. The number of amides is 2. The van der Waals surface area contributed by atoms with Crippen LogP contribution in [0.2, 0.25) is 0 Å². The maximum absolute atomic E-state index is 12.0. The van der Waals surface area contributed by atoms with Gasteiger partial charge in [0, 0.05) is 19.6 Å². The van der Waals surface area contributed by atoms with Crippen molar-refractivity contribution in [1.82, 2.24) is 9.96 Å². The fourth-order valence-electron chi connectivity index (χ4n) is 2.66. The molecule has 2 fully saturated rings. The third kappa shape index (κ3) is 3.85. The van der Waals surface area contributed by atoms with Crippen LogP contribution in [0.3, 0.4) is 0 Å². The molecule has 2 heterocycles. The number of piperidine rings is 1. The van der Waals surface area contributed by atoms with Crippen molar-refractivity contribution in [2.75, 3.05) is 26.2 Å². The van der Waals surface area contributed by atoms with Crippen LogP contribution >= 0.6 is 0 Å². The lowest BCUT2D eigenvalue weighted by atomic mass is 9.89. The van der Waals surface area contributed by atoms with Crippen LogP contribution < -0.4 is 5.73 Å². The Morgan fingerprint density at radius 2 is 2.00 bits per heavy atom. The lowest BCUT2D eigenvalue weighted by Crippen LogP contribution is -2.48. The number of carbonyl (C=O) groups excluding carboxylic acids is 2. The normalized spacial score (nSPS) is 22.0. The first-order chi connectivity index (χ1) is 9.75. The molecular weight excluding hydrogens is 274 g/mol.